The van der Waals surface area contributed by atoms with E-state index in [1.54, 1.807) is 0 Å². The number of hydrogen-bond acceptors (Lipinski definition) is 3. The number of carbonyl (C=O) groups is 1. The molecule has 1 aliphatic heterocycles. The summed E-state index contributed by atoms with van der Waals surface area (Å²) in [7, 11) is 0. The first-order chi connectivity index (χ1) is 12.4. The van der Waals surface area contributed by atoms with Gasteiger partial charge in [-0.15, -0.1) is 0 Å². The monoisotopic (exact) mass is 359 g/mol. The summed E-state index contributed by atoms with van der Waals surface area (Å²) >= 11 is 0. The summed E-state index contributed by atoms with van der Waals surface area (Å²) in [6, 6.07) is 9.08. The van der Waals surface area contributed by atoms with Crippen LogP contribution in [0.2, 0.25) is 0 Å². The SMILES string of the molecule is CC(C)CCNC(=O)CN1CCN(Cc2ccc(CC(C)C)cc2)CC1. The van der Waals surface area contributed by atoms with Crippen LogP contribution in [0.25, 0.3) is 0 Å². The number of nitrogens with zero attached hydrogens (tertiary/aromatic N) is 2. The third kappa shape index (κ3) is 7.88. The molecule has 2 rings (SSSR count). The van der Waals surface area contributed by atoms with Gasteiger partial charge in [-0.2, -0.15) is 0 Å². The zero-order valence-corrected chi connectivity index (χ0v) is 17.1. The van der Waals surface area contributed by atoms with Gasteiger partial charge in [-0.3, -0.25) is 14.6 Å². The number of hydrogen-bond donors (Lipinski definition) is 1. The second kappa shape index (κ2) is 10.7. The van der Waals surface area contributed by atoms with Crippen LogP contribution in [0.4, 0.5) is 0 Å². The Labute approximate surface area is 159 Å². The van der Waals surface area contributed by atoms with Crippen LogP contribution in [0.1, 0.15) is 45.2 Å². The molecule has 0 radical (unpaired) electrons. The number of nitrogens with one attached hydrogen (secondary N) is 1. The van der Waals surface area contributed by atoms with Gasteiger partial charge in [0, 0.05) is 39.3 Å². The van der Waals surface area contributed by atoms with Crippen LogP contribution in [0.5, 0.6) is 0 Å². The van der Waals surface area contributed by atoms with E-state index in [0.717, 1.165) is 52.1 Å². The van der Waals surface area contributed by atoms with Crippen molar-refractivity contribution in [2.24, 2.45) is 11.8 Å². The molecule has 1 heterocycles. The lowest BCUT2D eigenvalue weighted by molar-refractivity contribution is -0.122. The maximum absolute atomic E-state index is 12.0. The molecule has 1 saturated heterocycles. The zero-order chi connectivity index (χ0) is 18.9. The Kier molecular flexibility index (Phi) is 8.60. The van der Waals surface area contributed by atoms with E-state index in [0.29, 0.717) is 18.4 Å². The van der Waals surface area contributed by atoms with Crippen molar-refractivity contribution >= 4 is 5.91 Å². The highest BCUT2D eigenvalue weighted by atomic mass is 16.2. The first-order valence-corrected chi connectivity index (χ1v) is 10.2. The molecule has 1 N–H and O–H groups in total. The molecule has 1 fully saturated rings. The van der Waals surface area contributed by atoms with Crippen LogP contribution in [0.3, 0.4) is 0 Å². The van der Waals surface area contributed by atoms with Crippen molar-refractivity contribution in [3.8, 4) is 0 Å². The van der Waals surface area contributed by atoms with Crippen LogP contribution in [0, 0.1) is 11.8 Å². The van der Waals surface area contributed by atoms with E-state index in [1.165, 1.54) is 11.1 Å². The van der Waals surface area contributed by atoms with E-state index in [1.807, 2.05) is 0 Å². The van der Waals surface area contributed by atoms with E-state index < -0.39 is 0 Å². The van der Waals surface area contributed by atoms with Gasteiger partial charge in [0.25, 0.3) is 0 Å². The predicted octanol–water partition coefficient (Wildman–Crippen LogP) is 3.17. The molecule has 0 atom stereocenters. The van der Waals surface area contributed by atoms with Crippen molar-refractivity contribution < 1.29 is 4.79 Å². The van der Waals surface area contributed by atoms with Gasteiger partial charge in [0.05, 0.1) is 6.54 Å². The van der Waals surface area contributed by atoms with E-state index >= 15 is 0 Å². The highest BCUT2D eigenvalue weighted by molar-refractivity contribution is 5.77. The molecular formula is C22H37N3O. The standard InChI is InChI=1S/C22H37N3O/c1-18(2)9-10-23-22(26)17-25-13-11-24(12-14-25)16-21-7-5-20(6-8-21)15-19(3)4/h5-8,18-19H,9-17H2,1-4H3,(H,23,26). The fourth-order valence-corrected chi connectivity index (χ4v) is 3.38. The molecule has 0 saturated carbocycles. The quantitative estimate of drug-likeness (QED) is 0.736. The van der Waals surface area contributed by atoms with Crippen molar-refractivity contribution in [2.75, 3.05) is 39.3 Å². The van der Waals surface area contributed by atoms with Crippen LogP contribution < -0.4 is 5.32 Å². The molecule has 0 unspecified atom stereocenters. The molecule has 1 amide bonds. The van der Waals surface area contributed by atoms with Gasteiger partial charge in [0.1, 0.15) is 0 Å². The summed E-state index contributed by atoms with van der Waals surface area (Å²) in [5, 5.41) is 3.04. The van der Waals surface area contributed by atoms with E-state index in [2.05, 4.69) is 67.1 Å². The van der Waals surface area contributed by atoms with Gasteiger partial charge in [-0.05, 0) is 35.8 Å². The molecule has 1 aliphatic rings. The lowest BCUT2D eigenvalue weighted by Crippen LogP contribution is -2.49. The Hall–Kier alpha value is -1.39. The van der Waals surface area contributed by atoms with Gasteiger partial charge in [0.2, 0.25) is 5.91 Å². The molecule has 0 aromatic heterocycles. The van der Waals surface area contributed by atoms with Crippen LogP contribution in [-0.4, -0.2) is 55.0 Å². The van der Waals surface area contributed by atoms with Crippen molar-refractivity contribution in [2.45, 2.75) is 47.1 Å². The highest BCUT2D eigenvalue weighted by Crippen LogP contribution is 2.13. The molecule has 0 bridgehead atoms. The summed E-state index contributed by atoms with van der Waals surface area (Å²) in [6.07, 6.45) is 2.20. The Morgan fingerprint density at radius 1 is 0.923 bits per heavy atom. The van der Waals surface area contributed by atoms with E-state index in [9.17, 15) is 4.79 Å². The van der Waals surface area contributed by atoms with Gasteiger partial charge >= 0.3 is 0 Å². The number of carbonyl (C=O) groups excluding carboxylic acids is 1. The summed E-state index contributed by atoms with van der Waals surface area (Å²) in [5.41, 5.74) is 2.81. The maximum Gasteiger partial charge on any atom is 0.234 e. The third-order valence-electron chi connectivity index (χ3n) is 4.95. The third-order valence-corrected chi connectivity index (χ3v) is 4.95. The molecule has 1 aromatic carbocycles. The smallest absolute Gasteiger partial charge is 0.234 e. The maximum atomic E-state index is 12.0. The highest BCUT2D eigenvalue weighted by Gasteiger charge is 2.18. The number of amides is 1. The fourth-order valence-electron chi connectivity index (χ4n) is 3.38. The first kappa shape index (κ1) is 20.9. The first-order valence-electron chi connectivity index (χ1n) is 10.2. The predicted molar refractivity (Wildman–Crippen MR) is 109 cm³/mol. The summed E-state index contributed by atoms with van der Waals surface area (Å²) in [6.45, 7) is 15.3. The molecule has 0 spiro atoms. The van der Waals surface area contributed by atoms with Crippen LogP contribution >= 0.6 is 0 Å². The topological polar surface area (TPSA) is 35.6 Å². The average molecular weight is 360 g/mol. The minimum atomic E-state index is 0.167. The van der Waals surface area contributed by atoms with Gasteiger partial charge in [-0.25, -0.2) is 0 Å². The Bertz CT molecular complexity index is 531. The number of piperazine rings is 1. The molecule has 4 nitrogen and oxygen atoms in total. The summed E-state index contributed by atoms with van der Waals surface area (Å²) in [4.78, 5) is 16.8. The number of benzene rings is 1. The van der Waals surface area contributed by atoms with Crippen molar-refractivity contribution in [3.63, 3.8) is 0 Å². The van der Waals surface area contributed by atoms with Crippen LogP contribution in [0.15, 0.2) is 24.3 Å². The second-order valence-electron chi connectivity index (χ2n) is 8.50. The minimum absolute atomic E-state index is 0.167. The molecular weight excluding hydrogens is 322 g/mol. The summed E-state index contributed by atoms with van der Waals surface area (Å²) < 4.78 is 0. The van der Waals surface area contributed by atoms with Crippen molar-refractivity contribution in [3.05, 3.63) is 35.4 Å². The van der Waals surface area contributed by atoms with Gasteiger partial charge < -0.3 is 5.32 Å². The van der Waals surface area contributed by atoms with Crippen molar-refractivity contribution in [1.82, 2.24) is 15.1 Å². The lowest BCUT2D eigenvalue weighted by atomic mass is 10.0. The Balaban J connectivity index is 1.67. The zero-order valence-electron chi connectivity index (χ0n) is 17.1. The summed E-state index contributed by atoms with van der Waals surface area (Å²) in [5.74, 6) is 1.51. The Morgan fingerprint density at radius 2 is 1.50 bits per heavy atom. The second-order valence-corrected chi connectivity index (χ2v) is 8.50. The van der Waals surface area contributed by atoms with E-state index in [4.69, 9.17) is 0 Å². The minimum Gasteiger partial charge on any atom is -0.355 e. The Morgan fingerprint density at radius 3 is 2.08 bits per heavy atom. The lowest BCUT2D eigenvalue weighted by Gasteiger charge is -2.34. The van der Waals surface area contributed by atoms with Gasteiger partial charge in [0.15, 0.2) is 0 Å². The molecule has 4 heteroatoms. The van der Waals surface area contributed by atoms with E-state index in [-0.39, 0.29) is 5.91 Å². The molecule has 26 heavy (non-hydrogen) atoms. The fraction of sp³-hybridized carbons (Fsp3) is 0.682. The van der Waals surface area contributed by atoms with Gasteiger partial charge in [-0.1, -0.05) is 52.0 Å². The molecule has 0 aliphatic carbocycles. The normalized spacial score (nSPS) is 16.4. The number of rotatable bonds is 9. The average Bonchev–Trinajstić information content (AvgIpc) is 2.57. The largest absolute Gasteiger partial charge is 0.355 e. The molecule has 146 valence electrons. The van der Waals surface area contributed by atoms with Crippen molar-refractivity contribution in [1.29, 1.82) is 0 Å². The van der Waals surface area contributed by atoms with Crippen LogP contribution in [-0.2, 0) is 17.8 Å². The molecule has 1 aromatic rings.